The summed E-state index contributed by atoms with van der Waals surface area (Å²) in [4.78, 5) is 17.7. The molecule has 0 spiro atoms. The number of carbonyl (C=O) groups is 1. The predicted molar refractivity (Wildman–Crippen MR) is 119 cm³/mol. The Hall–Kier alpha value is -3.45. The number of nitrogens with zero attached hydrogens (tertiary/aromatic N) is 2. The molecule has 0 aliphatic rings. The number of amides is 2. The van der Waals surface area contributed by atoms with Crippen molar-refractivity contribution in [1.29, 1.82) is 0 Å². The highest BCUT2D eigenvalue weighted by atomic mass is 32.1. The van der Waals surface area contributed by atoms with E-state index in [0.717, 1.165) is 29.0 Å². The molecule has 0 saturated heterocycles. The Morgan fingerprint density at radius 1 is 1.00 bits per heavy atom. The fraction of sp³-hybridized carbons (Fsp3) is 0.174. The van der Waals surface area contributed by atoms with Gasteiger partial charge in [-0.05, 0) is 41.5 Å². The quantitative estimate of drug-likeness (QED) is 0.388. The Kier molecular flexibility index (Phi) is 6.51. The van der Waals surface area contributed by atoms with Crippen LogP contribution in [0.15, 0.2) is 76.6 Å². The predicted octanol–water partition coefficient (Wildman–Crippen LogP) is 5.14. The first-order valence-electron chi connectivity index (χ1n) is 9.81. The number of hydrogen-bond acceptors (Lipinski definition) is 5. The number of urea groups is 1. The second-order valence-corrected chi connectivity index (χ2v) is 7.74. The minimum Gasteiger partial charge on any atom is -0.339 e. The third-order valence-electron chi connectivity index (χ3n) is 4.59. The van der Waals surface area contributed by atoms with Crippen LogP contribution in [0.2, 0.25) is 0 Å². The van der Waals surface area contributed by atoms with Crippen molar-refractivity contribution in [2.45, 2.75) is 19.3 Å². The summed E-state index contributed by atoms with van der Waals surface area (Å²) in [5.74, 6) is 1.09. The summed E-state index contributed by atoms with van der Waals surface area (Å²) < 4.78 is 5.39. The lowest BCUT2D eigenvalue weighted by molar-refractivity contribution is 0.252. The topological polar surface area (TPSA) is 80.0 Å². The number of para-hydroxylation sites is 1. The van der Waals surface area contributed by atoms with E-state index in [1.54, 1.807) is 11.3 Å². The molecule has 152 valence electrons. The molecule has 2 heterocycles. The van der Waals surface area contributed by atoms with E-state index in [-0.39, 0.29) is 6.03 Å². The zero-order valence-electron chi connectivity index (χ0n) is 16.4. The normalized spacial score (nSPS) is 10.7. The lowest BCUT2D eigenvalue weighted by Crippen LogP contribution is -2.30. The standard InChI is InChI=1S/C23H22N4O2S/c28-23(24-14-6-10-17-8-2-1-3-9-17)25-19-12-5-4-11-18(19)16-21-26-22(27-29-21)20-13-7-15-30-20/h1-5,7-9,11-13,15H,6,10,14,16H2,(H2,24,25,28). The maximum atomic E-state index is 12.3. The van der Waals surface area contributed by atoms with Crippen LogP contribution in [0, 0.1) is 0 Å². The highest BCUT2D eigenvalue weighted by Gasteiger charge is 2.13. The van der Waals surface area contributed by atoms with E-state index in [4.69, 9.17) is 4.52 Å². The Labute approximate surface area is 179 Å². The fourth-order valence-electron chi connectivity index (χ4n) is 3.10. The minimum atomic E-state index is -0.222. The molecule has 4 aromatic rings. The second kappa shape index (κ2) is 9.84. The van der Waals surface area contributed by atoms with E-state index >= 15 is 0 Å². The van der Waals surface area contributed by atoms with Gasteiger partial charge in [0.2, 0.25) is 11.7 Å². The summed E-state index contributed by atoms with van der Waals surface area (Å²) in [6.45, 7) is 0.608. The van der Waals surface area contributed by atoms with Crippen LogP contribution in [0.4, 0.5) is 10.5 Å². The first-order valence-corrected chi connectivity index (χ1v) is 10.7. The largest absolute Gasteiger partial charge is 0.339 e. The van der Waals surface area contributed by atoms with Gasteiger partial charge in [-0.3, -0.25) is 0 Å². The number of nitrogens with one attached hydrogen (secondary N) is 2. The summed E-state index contributed by atoms with van der Waals surface area (Å²) in [6, 6.07) is 21.6. The van der Waals surface area contributed by atoms with E-state index < -0.39 is 0 Å². The highest BCUT2D eigenvalue weighted by molar-refractivity contribution is 7.13. The van der Waals surface area contributed by atoms with Crippen LogP contribution >= 0.6 is 11.3 Å². The Morgan fingerprint density at radius 2 is 1.83 bits per heavy atom. The molecule has 2 aromatic carbocycles. The first kappa shape index (κ1) is 19.8. The van der Waals surface area contributed by atoms with Crippen LogP contribution in [0.5, 0.6) is 0 Å². The average Bonchev–Trinajstić information content (AvgIpc) is 3.45. The van der Waals surface area contributed by atoms with Crippen molar-refractivity contribution in [2.75, 3.05) is 11.9 Å². The van der Waals surface area contributed by atoms with Gasteiger partial charge in [0.25, 0.3) is 0 Å². The zero-order valence-corrected chi connectivity index (χ0v) is 17.2. The molecule has 0 unspecified atom stereocenters. The summed E-state index contributed by atoms with van der Waals surface area (Å²) in [5.41, 5.74) is 2.92. The molecular weight excluding hydrogens is 396 g/mol. The van der Waals surface area contributed by atoms with Gasteiger partial charge in [-0.2, -0.15) is 4.98 Å². The van der Waals surface area contributed by atoms with Crippen molar-refractivity contribution in [3.63, 3.8) is 0 Å². The van der Waals surface area contributed by atoms with Crippen molar-refractivity contribution in [1.82, 2.24) is 15.5 Å². The summed E-state index contributed by atoms with van der Waals surface area (Å²) >= 11 is 1.56. The van der Waals surface area contributed by atoms with E-state index in [2.05, 4.69) is 32.9 Å². The molecule has 0 atom stereocenters. The Balaban J connectivity index is 1.31. The van der Waals surface area contributed by atoms with Gasteiger partial charge >= 0.3 is 6.03 Å². The number of rotatable bonds is 8. The fourth-order valence-corrected chi connectivity index (χ4v) is 3.75. The number of hydrogen-bond donors (Lipinski definition) is 2. The SMILES string of the molecule is O=C(NCCCc1ccccc1)Nc1ccccc1Cc1nc(-c2cccs2)no1. The number of anilines is 1. The number of carbonyl (C=O) groups excluding carboxylic acids is 1. The third-order valence-corrected chi connectivity index (χ3v) is 5.45. The molecule has 0 saturated carbocycles. The van der Waals surface area contributed by atoms with E-state index in [1.807, 2.05) is 60.0 Å². The molecule has 2 N–H and O–H groups in total. The van der Waals surface area contributed by atoms with E-state index in [9.17, 15) is 4.79 Å². The van der Waals surface area contributed by atoms with Crippen molar-refractivity contribution >= 4 is 23.1 Å². The maximum Gasteiger partial charge on any atom is 0.319 e. The van der Waals surface area contributed by atoms with Crippen LogP contribution in [-0.4, -0.2) is 22.7 Å². The van der Waals surface area contributed by atoms with Gasteiger partial charge < -0.3 is 15.2 Å². The van der Waals surface area contributed by atoms with Gasteiger partial charge in [-0.25, -0.2) is 4.79 Å². The second-order valence-electron chi connectivity index (χ2n) is 6.79. The summed E-state index contributed by atoms with van der Waals surface area (Å²) in [7, 11) is 0. The average molecular weight is 419 g/mol. The molecule has 2 aromatic heterocycles. The van der Waals surface area contributed by atoms with Crippen LogP contribution in [-0.2, 0) is 12.8 Å². The molecule has 6 nitrogen and oxygen atoms in total. The molecule has 0 aliphatic heterocycles. The van der Waals surface area contributed by atoms with Crippen molar-refractivity contribution in [3.8, 4) is 10.7 Å². The van der Waals surface area contributed by atoms with Gasteiger partial charge in [0.05, 0.1) is 11.3 Å². The molecule has 2 amide bonds. The van der Waals surface area contributed by atoms with E-state index in [0.29, 0.717) is 24.7 Å². The molecular formula is C23H22N4O2S. The molecule has 4 rings (SSSR count). The summed E-state index contributed by atoms with van der Waals surface area (Å²) in [6.07, 6.45) is 2.26. The lowest BCUT2D eigenvalue weighted by Gasteiger charge is -2.11. The smallest absolute Gasteiger partial charge is 0.319 e. The van der Waals surface area contributed by atoms with Gasteiger partial charge in [-0.15, -0.1) is 11.3 Å². The van der Waals surface area contributed by atoms with Gasteiger partial charge in [0.1, 0.15) is 0 Å². The zero-order chi connectivity index (χ0) is 20.6. The number of thiophene rings is 1. The summed E-state index contributed by atoms with van der Waals surface area (Å²) in [5, 5.41) is 11.9. The van der Waals surface area contributed by atoms with Crippen molar-refractivity contribution in [3.05, 3.63) is 89.1 Å². The number of aromatic nitrogens is 2. The Morgan fingerprint density at radius 3 is 2.67 bits per heavy atom. The lowest BCUT2D eigenvalue weighted by atomic mass is 10.1. The first-order chi connectivity index (χ1) is 14.8. The molecule has 0 fully saturated rings. The monoisotopic (exact) mass is 418 g/mol. The van der Waals surface area contributed by atoms with Gasteiger partial charge in [0.15, 0.2) is 0 Å². The van der Waals surface area contributed by atoms with Gasteiger partial charge in [-0.1, -0.05) is 59.8 Å². The van der Waals surface area contributed by atoms with Crippen LogP contribution in [0.3, 0.4) is 0 Å². The van der Waals surface area contributed by atoms with Crippen LogP contribution in [0.1, 0.15) is 23.4 Å². The molecule has 0 aliphatic carbocycles. The number of aryl methyl sites for hydroxylation is 1. The molecule has 0 bridgehead atoms. The third kappa shape index (κ3) is 5.33. The minimum absolute atomic E-state index is 0.222. The number of benzene rings is 2. The van der Waals surface area contributed by atoms with E-state index in [1.165, 1.54) is 5.56 Å². The molecule has 0 radical (unpaired) electrons. The van der Waals surface area contributed by atoms with Crippen LogP contribution < -0.4 is 10.6 Å². The Bertz CT molecular complexity index is 1080. The van der Waals surface area contributed by atoms with Gasteiger partial charge in [0, 0.05) is 12.2 Å². The van der Waals surface area contributed by atoms with Crippen molar-refractivity contribution in [2.24, 2.45) is 0 Å². The molecule has 30 heavy (non-hydrogen) atoms. The maximum absolute atomic E-state index is 12.3. The highest BCUT2D eigenvalue weighted by Crippen LogP contribution is 2.23. The van der Waals surface area contributed by atoms with Crippen LogP contribution in [0.25, 0.3) is 10.7 Å². The molecule has 7 heteroatoms. The van der Waals surface area contributed by atoms with Crippen molar-refractivity contribution < 1.29 is 9.32 Å².